The van der Waals surface area contributed by atoms with Crippen molar-refractivity contribution in [3.05, 3.63) is 12.7 Å². The molecule has 0 aliphatic heterocycles. The summed E-state index contributed by atoms with van der Waals surface area (Å²) < 4.78 is 4.97. The molecule has 4 nitrogen and oxygen atoms in total. The zero-order chi connectivity index (χ0) is 11.7. The summed E-state index contributed by atoms with van der Waals surface area (Å²) in [5.41, 5.74) is 0. The van der Waals surface area contributed by atoms with Crippen LogP contribution in [0.4, 0.5) is 0 Å². The molecular formula is C11H19NO3. The van der Waals surface area contributed by atoms with Gasteiger partial charge < -0.3 is 10.1 Å². The number of rotatable bonds is 7. The summed E-state index contributed by atoms with van der Waals surface area (Å²) in [7, 11) is 0. The van der Waals surface area contributed by atoms with Crippen LogP contribution in [0.1, 0.15) is 26.7 Å². The second-order valence-electron chi connectivity index (χ2n) is 3.52. The molecule has 0 radical (unpaired) electrons. The number of hydrogen-bond acceptors (Lipinski definition) is 3. The lowest BCUT2D eigenvalue weighted by Gasteiger charge is -2.06. The van der Waals surface area contributed by atoms with Crippen LogP contribution in [0.5, 0.6) is 0 Å². The second kappa shape index (κ2) is 8.03. The number of unbranched alkanes of at least 4 members (excludes halogenated alkanes) is 1. The molecule has 15 heavy (non-hydrogen) atoms. The molecule has 0 aromatic heterocycles. The zero-order valence-electron chi connectivity index (χ0n) is 9.41. The maximum atomic E-state index is 11.0. The van der Waals surface area contributed by atoms with Gasteiger partial charge in [0.2, 0.25) is 5.91 Å². The van der Waals surface area contributed by atoms with Gasteiger partial charge >= 0.3 is 5.97 Å². The first-order chi connectivity index (χ1) is 7.07. The van der Waals surface area contributed by atoms with E-state index < -0.39 is 0 Å². The number of carbonyl (C=O) groups excluding carboxylic acids is 2. The third-order valence-corrected chi connectivity index (χ3v) is 1.77. The van der Waals surface area contributed by atoms with Gasteiger partial charge in [-0.25, -0.2) is 0 Å². The SMILES string of the molecule is C=CC(=O)NCCCCOC(=O)C(C)C. The van der Waals surface area contributed by atoms with E-state index in [2.05, 4.69) is 11.9 Å². The number of amides is 1. The van der Waals surface area contributed by atoms with Crippen molar-refractivity contribution in [3.63, 3.8) is 0 Å². The van der Waals surface area contributed by atoms with E-state index in [0.29, 0.717) is 13.2 Å². The fraction of sp³-hybridized carbons (Fsp3) is 0.636. The van der Waals surface area contributed by atoms with Gasteiger partial charge in [0.15, 0.2) is 0 Å². The Kier molecular flexibility index (Phi) is 7.32. The predicted molar refractivity (Wildman–Crippen MR) is 58.2 cm³/mol. The minimum absolute atomic E-state index is 0.0783. The average Bonchev–Trinajstić information content (AvgIpc) is 2.22. The first-order valence-corrected chi connectivity index (χ1v) is 5.14. The van der Waals surface area contributed by atoms with E-state index in [4.69, 9.17) is 4.74 Å². The average molecular weight is 213 g/mol. The van der Waals surface area contributed by atoms with Crippen molar-refractivity contribution in [2.24, 2.45) is 5.92 Å². The third-order valence-electron chi connectivity index (χ3n) is 1.77. The van der Waals surface area contributed by atoms with E-state index in [0.717, 1.165) is 12.8 Å². The molecule has 1 N–H and O–H groups in total. The van der Waals surface area contributed by atoms with Crippen LogP contribution >= 0.6 is 0 Å². The van der Waals surface area contributed by atoms with Crippen molar-refractivity contribution in [1.82, 2.24) is 5.32 Å². The van der Waals surface area contributed by atoms with Crippen LogP contribution in [0.15, 0.2) is 12.7 Å². The van der Waals surface area contributed by atoms with E-state index >= 15 is 0 Å². The summed E-state index contributed by atoms with van der Waals surface area (Å²) in [6, 6.07) is 0. The van der Waals surface area contributed by atoms with Crippen molar-refractivity contribution >= 4 is 11.9 Å². The Labute approximate surface area is 90.7 Å². The van der Waals surface area contributed by atoms with Gasteiger partial charge in [0.1, 0.15) is 0 Å². The van der Waals surface area contributed by atoms with Crippen LogP contribution in [0.2, 0.25) is 0 Å². The van der Waals surface area contributed by atoms with E-state index in [1.54, 1.807) is 13.8 Å². The van der Waals surface area contributed by atoms with Crippen LogP contribution in [0.25, 0.3) is 0 Å². The molecule has 0 fully saturated rings. The van der Waals surface area contributed by atoms with Crippen LogP contribution in [0.3, 0.4) is 0 Å². The topological polar surface area (TPSA) is 55.4 Å². The minimum atomic E-state index is -0.176. The molecule has 4 heteroatoms. The first-order valence-electron chi connectivity index (χ1n) is 5.14. The van der Waals surface area contributed by atoms with E-state index in [9.17, 15) is 9.59 Å². The van der Waals surface area contributed by atoms with E-state index in [1.165, 1.54) is 6.08 Å². The summed E-state index contributed by atoms with van der Waals surface area (Å²) in [6.45, 7) is 7.94. The van der Waals surface area contributed by atoms with Gasteiger partial charge in [-0.15, -0.1) is 0 Å². The van der Waals surface area contributed by atoms with Gasteiger partial charge in [0, 0.05) is 6.54 Å². The Hall–Kier alpha value is -1.32. The van der Waals surface area contributed by atoms with E-state index in [1.807, 2.05) is 0 Å². The van der Waals surface area contributed by atoms with E-state index in [-0.39, 0.29) is 17.8 Å². The highest BCUT2D eigenvalue weighted by molar-refractivity contribution is 5.86. The quantitative estimate of drug-likeness (QED) is 0.393. The molecule has 0 unspecified atom stereocenters. The summed E-state index contributed by atoms with van der Waals surface area (Å²) in [5, 5.41) is 2.65. The van der Waals surface area contributed by atoms with Gasteiger partial charge in [0.25, 0.3) is 0 Å². The number of esters is 1. The summed E-state index contributed by atoms with van der Waals surface area (Å²) in [4.78, 5) is 21.8. The fourth-order valence-electron chi connectivity index (χ4n) is 0.850. The molecule has 0 aromatic rings. The predicted octanol–water partition coefficient (Wildman–Crippen LogP) is 1.27. The van der Waals surface area contributed by atoms with Crippen LogP contribution in [0, 0.1) is 5.92 Å². The summed E-state index contributed by atoms with van der Waals surface area (Å²) in [5.74, 6) is -0.426. The van der Waals surface area contributed by atoms with Crippen LogP contribution in [-0.4, -0.2) is 25.0 Å². The Morgan fingerprint density at radius 2 is 2.07 bits per heavy atom. The summed E-state index contributed by atoms with van der Waals surface area (Å²) in [6.07, 6.45) is 2.79. The molecule has 0 saturated heterocycles. The maximum absolute atomic E-state index is 11.0. The molecule has 0 aromatic carbocycles. The molecule has 0 aliphatic carbocycles. The highest BCUT2D eigenvalue weighted by Gasteiger charge is 2.06. The molecule has 86 valence electrons. The highest BCUT2D eigenvalue weighted by atomic mass is 16.5. The molecular weight excluding hydrogens is 194 g/mol. The minimum Gasteiger partial charge on any atom is -0.465 e. The molecule has 0 atom stereocenters. The van der Waals surface area contributed by atoms with Crippen LogP contribution in [-0.2, 0) is 14.3 Å². The first kappa shape index (κ1) is 13.7. The van der Waals surface area contributed by atoms with Crippen molar-refractivity contribution in [1.29, 1.82) is 0 Å². The van der Waals surface area contributed by atoms with Crippen molar-refractivity contribution in [2.45, 2.75) is 26.7 Å². The number of ether oxygens (including phenoxy) is 1. The molecule has 0 heterocycles. The molecule has 0 saturated carbocycles. The van der Waals surface area contributed by atoms with Gasteiger partial charge in [-0.1, -0.05) is 20.4 Å². The van der Waals surface area contributed by atoms with Crippen molar-refractivity contribution in [2.75, 3.05) is 13.2 Å². The largest absolute Gasteiger partial charge is 0.465 e. The number of hydrogen-bond donors (Lipinski definition) is 1. The molecule has 0 bridgehead atoms. The standard InChI is InChI=1S/C11H19NO3/c1-4-10(13)12-7-5-6-8-15-11(14)9(2)3/h4,9H,1,5-8H2,2-3H3,(H,12,13). The summed E-state index contributed by atoms with van der Waals surface area (Å²) >= 11 is 0. The highest BCUT2D eigenvalue weighted by Crippen LogP contribution is 1.97. The number of carbonyl (C=O) groups is 2. The molecule has 1 amide bonds. The zero-order valence-corrected chi connectivity index (χ0v) is 9.41. The molecule has 0 aliphatic rings. The van der Waals surface area contributed by atoms with Crippen molar-refractivity contribution < 1.29 is 14.3 Å². The van der Waals surface area contributed by atoms with Gasteiger partial charge in [-0.3, -0.25) is 9.59 Å². The van der Waals surface area contributed by atoms with Gasteiger partial charge in [0.05, 0.1) is 12.5 Å². The second-order valence-corrected chi connectivity index (χ2v) is 3.52. The Bertz CT molecular complexity index is 224. The van der Waals surface area contributed by atoms with Crippen LogP contribution < -0.4 is 5.32 Å². The Balaban J connectivity index is 3.29. The fourth-order valence-corrected chi connectivity index (χ4v) is 0.850. The Morgan fingerprint density at radius 3 is 2.60 bits per heavy atom. The maximum Gasteiger partial charge on any atom is 0.308 e. The Morgan fingerprint density at radius 1 is 1.40 bits per heavy atom. The smallest absolute Gasteiger partial charge is 0.308 e. The normalized spacial score (nSPS) is 9.80. The molecule has 0 spiro atoms. The van der Waals surface area contributed by atoms with Gasteiger partial charge in [-0.05, 0) is 18.9 Å². The van der Waals surface area contributed by atoms with Gasteiger partial charge in [-0.2, -0.15) is 0 Å². The monoisotopic (exact) mass is 213 g/mol. The third kappa shape index (κ3) is 7.73. The lowest BCUT2D eigenvalue weighted by molar-refractivity contribution is -0.147. The van der Waals surface area contributed by atoms with Crippen molar-refractivity contribution in [3.8, 4) is 0 Å². The molecule has 0 rings (SSSR count). The lowest BCUT2D eigenvalue weighted by Crippen LogP contribution is -2.22. The lowest BCUT2D eigenvalue weighted by atomic mass is 10.2. The number of nitrogens with one attached hydrogen (secondary N) is 1.